The number of hydrogen-bond donors (Lipinski definition) is 1. The van der Waals surface area contributed by atoms with Gasteiger partial charge in [-0.05, 0) is 49.2 Å². The van der Waals surface area contributed by atoms with Gasteiger partial charge in [-0.1, -0.05) is 29.4 Å². The smallest absolute Gasteiger partial charge is 0.262 e. The van der Waals surface area contributed by atoms with Crippen LogP contribution in [0, 0.1) is 5.82 Å². The van der Waals surface area contributed by atoms with Crippen LogP contribution in [0.3, 0.4) is 0 Å². The highest BCUT2D eigenvalue weighted by Gasteiger charge is 2.21. The molecule has 156 valence electrons. The summed E-state index contributed by atoms with van der Waals surface area (Å²) in [6.45, 7) is 1.05. The molecule has 0 saturated carbocycles. The molecule has 3 aromatic rings. The van der Waals surface area contributed by atoms with E-state index >= 15 is 0 Å². The number of carbonyl (C=O) groups excluding carboxylic acids is 1. The molecule has 1 amide bonds. The van der Waals surface area contributed by atoms with Crippen molar-refractivity contribution < 1.29 is 13.9 Å². The Labute approximate surface area is 181 Å². The third-order valence-corrected chi connectivity index (χ3v) is 5.94. The number of anilines is 1. The maximum atomic E-state index is 13.3. The van der Waals surface area contributed by atoms with Crippen molar-refractivity contribution in [2.75, 3.05) is 17.7 Å². The molecule has 30 heavy (non-hydrogen) atoms. The lowest BCUT2D eigenvalue weighted by molar-refractivity contribution is -0.113. The number of ether oxygens (including phenoxy) is 1. The van der Waals surface area contributed by atoms with E-state index in [-0.39, 0.29) is 23.3 Å². The Balaban J connectivity index is 1.59. The van der Waals surface area contributed by atoms with Crippen molar-refractivity contribution in [1.29, 1.82) is 0 Å². The van der Waals surface area contributed by atoms with Gasteiger partial charge in [-0.25, -0.2) is 9.37 Å². The van der Waals surface area contributed by atoms with Gasteiger partial charge in [0, 0.05) is 17.3 Å². The second-order valence-corrected chi connectivity index (χ2v) is 8.33. The Morgan fingerprint density at radius 1 is 1.33 bits per heavy atom. The lowest BCUT2D eigenvalue weighted by Crippen LogP contribution is -2.29. The Morgan fingerprint density at radius 3 is 2.97 bits per heavy atom. The molecule has 1 aliphatic rings. The number of amides is 1. The summed E-state index contributed by atoms with van der Waals surface area (Å²) in [5, 5.41) is 4.00. The first-order valence-electron chi connectivity index (χ1n) is 9.49. The fraction of sp³-hybridized carbons (Fsp3) is 0.286. The van der Waals surface area contributed by atoms with Crippen LogP contribution in [0.4, 0.5) is 10.1 Å². The fourth-order valence-corrected chi connectivity index (χ4v) is 4.31. The zero-order valence-corrected chi connectivity index (χ0v) is 17.5. The van der Waals surface area contributed by atoms with Gasteiger partial charge in [0.1, 0.15) is 5.82 Å². The maximum Gasteiger partial charge on any atom is 0.262 e. The number of carbonyl (C=O) groups is 1. The van der Waals surface area contributed by atoms with E-state index in [9.17, 15) is 14.0 Å². The van der Waals surface area contributed by atoms with E-state index < -0.39 is 5.82 Å². The third kappa shape index (κ3) is 4.83. The zero-order chi connectivity index (χ0) is 21.1. The van der Waals surface area contributed by atoms with Crippen molar-refractivity contribution in [3.05, 3.63) is 63.7 Å². The lowest BCUT2D eigenvalue weighted by Gasteiger charge is -2.16. The van der Waals surface area contributed by atoms with E-state index in [0.29, 0.717) is 39.9 Å². The van der Waals surface area contributed by atoms with E-state index in [4.69, 9.17) is 16.3 Å². The monoisotopic (exact) mass is 447 g/mol. The molecule has 1 unspecified atom stereocenters. The SMILES string of the molecule is O=C(CSc1nc2cc(Cl)ccc2c(=O)n1CC1CCCO1)Nc1cccc(F)c1. The minimum atomic E-state index is -0.432. The second kappa shape index (κ2) is 9.16. The lowest BCUT2D eigenvalue weighted by atomic mass is 10.2. The molecule has 1 aromatic heterocycles. The Kier molecular flexibility index (Phi) is 6.36. The van der Waals surface area contributed by atoms with E-state index in [1.165, 1.54) is 18.2 Å². The maximum absolute atomic E-state index is 13.3. The van der Waals surface area contributed by atoms with Gasteiger partial charge in [0.15, 0.2) is 5.16 Å². The number of thioether (sulfide) groups is 1. The van der Waals surface area contributed by atoms with Crippen molar-refractivity contribution >= 4 is 45.9 Å². The average Bonchev–Trinajstić information content (AvgIpc) is 3.22. The molecule has 1 N–H and O–H groups in total. The van der Waals surface area contributed by atoms with Crippen LogP contribution in [0.1, 0.15) is 12.8 Å². The van der Waals surface area contributed by atoms with Crippen molar-refractivity contribution in [2.24, 2.45) is 0 Å². The first-order valence-corrected chi connectivity index (χ1v) is 10.9. The summed E-state index contributed by atoms with van der Waals surface area (Å²) >= 11 is 7.21. The number of nitrogens with one attached hydrogen (secondary N) is 1. The van der Waals surface area contributed by atoms with E-state index in [1.54, 1.807) is 28.8 Å². The molecule has 1 fully saturated rings. The first kappa shape index (κ1) is 20.8. The van der Waals surface area contributed by atoms with Crippen LogP contribution in [0.2, 0.25) is 5.02 Å². The molecule has 4 rings (SSSR count). The molecule has 0 bridgehead atoms. The number of nitrogens with zero attached hydrogens (tertiary/aromatic N) is 2. The highest BCUT2D eigenvalue weighted by Crippen LogP contribution is 2.23. The summed E-state index contributed by atoms with van der Waals surface area (Å²) in [6, 6.07) is 10.6. The van der Waals surface area contributed by atoms with Crippen molar-refractivity contribution in [2.45, 2.75) is 30.6 Å². The number of rotatable bonds is 6. The van der Waals surface area contributed by atoms with E-state index in [0.717, 1.165) is 24.6 Å². The van der Waals surface area contributed by atoms with Gasteiger partial charge in [-0.2, -0.15) is 0 Å². The molecule has 1 saturated heterocycles. The van der Waals surface area contributed by atoms with Crippen LogP contribution in [-0.4, -0.2) is 33.9 Å². The standard InChI is InChI=1S/C21H19ClFN3O3S/c22-13-6-7-17-18(9-13)25-21(26(20(17)28)11-16-5-2-8-29-16)30-12-19(27)24-15-4-1-3-14(23)10-15/h1,3-4,6-7,9-10,16H,2,5,8,11-12H2,(H,24,27). The van der Waals surface area contributed by atoms with Gasteiger partial charge in [0.25, 0.3) is 5.56 Å². The number of aromatic nitrogens is 2. The molecular weight excluding hydrogens is 429 g/mol. The normalized spacial score (nSPS) is 16.1. The number of benzene rings is 2. The van der Waals surface area contributed by atoms with Crippen LogP contribution in [0.15, 0.2) is 52.4 Å². The van der Waals surface area contributed by atoms with Crippen LogP contribution in [0.25, 0.3) is 10.9 Å². The summed E-state index contributed by atoms with van der Waals surface area (Å²) in [5.41, 5.74) is 0.653. The van der Waals surface area contributed by atoms with Gasteiger partial charge < -0.3 is 10.1 Å². The van der Waals surface area contributed by atoms with Crippen LogP contribution >= 0.6 is 23.4 Å². The van der Waals surface area contributed by atoms with Crippen molar-refractivity contribution in [1.82, 2.24) is 9.55 Å². The summed E-state index contributed by atoms with van der Waals surface area (Å²) in [4.78, 5) is 30.0. The fourth-order valence-electron chi connectivity index (χ4n) is 3.33. The highest BCUT2D eigenvalue weighted by atomic mass is 35.5. The highest BCUT2D eigenvalue weighted by molar-refractivity contribution is 7.99. The molecule has 1 aliphatic heterocycles. The number of hydrogen-bond acceptors (Lipinski definition) is 5. The Hall–Kier alpha value is -2.42. The number of fused-ring (bicyclic) bond motifs is 1. The molecule has 9 heteroatoms. The van der Waals surface area contributed by atoms with Crippen molar-refractivity contribution in [3.8, 4) is 0 Å². The Bertz CT molecular complexity index is 1150. The number of halogens is 2. The molecular formula is C21H19ClFN3O3S. The van der Waals surface area contributed by atoms with Gasteiger partial charge in [-0.15, -0.1) is 0 Å². The molecule has 2 heterocycles. The summed E-state index contributed by atoms with van der Waals surface area (Å²) in [6.07, 6.45) is 1.76. The first-order chi connectivity index (χ1) is 14.5. The quantitative estimate of drug-likeness (QED) is 0.455. The van der Waals surface area contributed by atoms with Gasteiger partial charge in [0.05, 0.1) is 29.3 Å². The molecule has 2 aromatic carbocycles. The third-order valence-electron chi connectivity index (χ3n) is 4.73. The predicted octanol–water partition coefficient (Wildman–Crippen LogP) is 4.10. The van der Waals surface area contributed by atoms with Crippen molar-refractivity contribution in [3.63, 3.8) is 0 Å². The largest absolute Gasteiger partial charge is 0.376 e. The van der Waals surface area contributed by atoms with Crippen LogP contribution < -0.4 is 10.9 Å². The minimum absolute atomic E-state index is 0.0144. The summed E-state index contributed by atoms with van der Waals surface area (Å²) < 4.78 is 20.6. The topological polar surface area (TPSA) is 73.2 Å². The summed E-state index contributed by atoms with van der Waals surface area (Å²) in [7, 11) is 0. The molecule has 0 radical (unpaired) electrons. The van der Waals surface area contributed by atoms with Gasteiger partial charge in [0.2, 0.25) is 5.91 Å². The minimum Gasteiger partial charge on any atom is -0.376 e. The van der Waals surface area contributed by atoms with Gasteiger partial charge >= 0.3 is 0 Å². The van der Waals surface area contributed by atoms with Gasteiger partial charge in [-0.3, -0.25) is 14.2 Å². The second-order valence-electron chi connectivity index (χ2n) is 6.95. The summed E-state index contributed by atoms with van der Waals surface area (Å²) in [5.74, 6) is -0.741. The van der Waals surface area contributed by atoms with Crippen LogP contribution in [-0.2, 0) is 16.1 Å². The molecule has 0 aliphatic carbocycles. The zero-order valence-electron chi connectivity index (χ0n) is 15.9. The Morgan fingerprint density at radius 2 is 2.20 bits per heavy atom. The van der Waals surface area contributed by atoms with Crippen LogP contribution in [0.5, 0.6) is 0 Å². The molecule has 6 nitrogen and oxygen atoms in total. The molecule has 1 atom stereocenters. The average molecular weight is 448 g/mol. The molecule has 0 spiro atoms. The van der Waals surface area contributed by atoms with E-state index in [2.05, 4.69) is 10.3 Å². The van der Waals surface area contributed by atoms with E-state index in [1.807, 2.05) is 0 Å². The predicted molar refractivity (Wildman–Crippen MR) is 116 cm³/mol.